The van der Waals surface area contributed by atoms with Crippen LogP contribution >= 0.6 is 23.2 Å². The van der Waals surface area contributed by atoms with Crippen molar-refractivity contribution in [3.05, 3.63) is 124 Å². The van der Waals surface area contributed by atoms with E-state index in [9.17, 15) is 14.7 Å². The van der Waals surface area contributed by atoms with Gasteiger partial charge in [-0.3, -0.25) is 9.59 Å². The van der Waals surface area contributed by atoms with E-state index in [1.165, 1.54) is 0 Å². The first-order chi connectivity index (χ1) is 24.8. The van der Waals surface area contributed by atoms with Crippen LogP contribution in [0.25, 0.3) is 0 Å². The number of anilines is 5. The lowest BCUT2D eigenvalue weighted by molar-refractivity contribution is 0.0519. The van der Waals surface area contributed by atoms with Crippen molar-refractivity contribution in [3.8, 4) is 5.75 Å². The van der Waals surface area contributed by atoms with E-state index in [0.717, 1.165) is 5.56 Å². The molecule has 0 radical (unpaired) electrons. The summed E-state index contributed by atoms with van der Waals surface area (Å²) in [7, 11) is 0. The van der Waals surface area contributed by atoms with Gasteiger partial charge in [-0.2, -0.15) is 15.0 Å². The SMILES string of the molecule is O=C(NCCOCCOCCNc1nc(Nc2ccc(O)cc2)nc(Nc2ccc(C(=O)NCc3ccc(Cl)c(Cl)c3)cc2)n1)c1ccccc1. The van der Waals surface area contributed by atoms with Gasteiger partial charge in [0.1, 0.15) is 5.75 Å². The first-order valence-electron chi connectivity index (χ1n) is 16.0. The van der Waals surface area contributed by atoms with Gasteiger partial charge in [-0.15, -0.1) is 0 Å². The van der Waals surface area contributed by atoms with Crippen molar-refractivity contribution >= 4 is 64.2 Å². The highest BCUT2D eigenvalue weighted by molar-refractivity contribution is 6.42. The van der Waals surface area contributed by atoms with E-state index in [1.807, 2.05) is 18.2 Å². The number of carbonyl (C=O) groups excluding carboxylic acids is 2. The van der Waals surface area contributed by atoms with Crippen molar-refractivity contribution in [1.82, 2.24) is 25.6 Å². The molecule has 0 spiro atoms. The number of halogens is 2. The average molecular weight is 732 g/mol. The summed E-state index contributed by atoms with van der Waals surface area (Å²) in [5, 5.41) is 25.6. The van der Waals surface area contributed by atoms with Gasteiger partial charge in [0.15, 0.2) is 0 Å². The highest BCUT2D eigenvalue weighted by Crippen LogP contribution is 2.23. The summed E-state index contributed by atoms with van der Waals surface area (Å²) in [6, 6.07) is 27.5. The standard InChI is InChI=1S/C36H36Cl2N8O5/c37-30-15-6-24(22-31(30)38)23-41-33(49)26-7-9-27(10-8-26)42-35-44-34(45-36(46-35)43-28-11-13-29(47)14-12-28)40-17-19-51-21-20-50-18-16-39-32(48)25-4-2-1-3-5-25/h1-15,22,47H,16-21,23H2,(H,39,48)(H,41,49)(H3,40,42,43,44,45,46). The second kappa shape index (κ2) is 19.1. The number of rotatable bonds is 18. The van der Waals surface area contributed by atoms with Gasteiger partial charge < -0.3 is 41.2 Å². The number of nitrogens with one attached hydrogen (secondary N) is 5. The van der Waals surface area contributed by atoms with E-state index in [1.54, 1.807) is 78.9 Å². The maximum Gasteiger partial charge on any atom is 0.251 e. The van der Waals surface area contributed by atoms with E-state index in [2.05, 4.69) is 41.5 Å². The minimum Gasteiger partial charge on any atom is -0.508 e. The molecule has 51 heavy (non-hydrogen) atoms. The van der Waals surface area contributed by atoms with Crippen molar-refractivity contribution < 1.29 is 24.2 Å². The molecule has 6 N–H and O–H groups in total. The summed E-state index contributed by atoms with van der Waals surface area (Å²) in [6.07, 6.45) is 0. The maximum atomic E-state index is 12.7. The number of hydrogen-bond donors (Lipinski definition) is 6. The Kier molecular flexibility index (Phi) is 13.8. The third kappa shape index (κ3) is 12.1. The molecule has 13 nitrogen and oxygen atoms in total. The number of benzene rings is 4. The number of aromatic nitrogens is 3. The van der Waals surface area contributed by atoms with Crippen LogP contribution in [0.5, 0.6) is 5.75 Å². The molecule has 1 heterocycles. The lowest BCUT2D eigenvalue weighted by Gasteiger charge is -2.12. The minimum absolute atomic E-state index is 0.132. The second-order valence-corrected chi connectivity index (χ2v) is 11.7. The predicted octanol–water partition coefficient (Wildman–Crippen LogP) is 6.18. The van der Waals surface area contributed by atoms with E-state index in [4.69, 9.17) is 32.7 Å². The molecule has 2 amide bonds. The Morgan fingerprint density at radius 3 is 1.82 bits per heavy atom. The number of amides is 2. The lowest BCUT2D eigenvalue weighted by atomic mass is 10.1. The summed E-state index contributed by atoms with van der Waals surface area (Å²) in [5.74, 6) is 0.539. The summed E-state index contributed by atoms with van der Waals surface area (Å²) >= 11 is 12.0. The first kappa shape index (κ1) is 36.8. The molecule has 5 rings (SSSR count). The summed E-state index contributed by atoms with van der Waals surface area (Å²) in [4.78, 5) is 38.2. The Morgan fingerprint density at radius 2 is 1.18 bits per heavy atom. The molecule has 4 aromatic carbocycles. The van der Waals surface area contributed by atoms with Gasteiger partial charge >= 0.3 is 0 Å². The molecule has 0 aliphatic rings. The van der Waals surface area contributed by atoms with E-state index in [0.29, 0.717) is 84.6 Å². The summed E-state index contributed by atoms with van der Waals surface area (Å²) < 4.78 is 11.2. The van der Waals surface area contributed by atoms with Gasteiger partial charge in [0.05, 0.1) is 36.5 Å². The molecule has 0 aliphatic heterocycles. The molecule has 0 saturated heterocycles. The highest BCUT2D eigenvalue weighted by atomic mass is 35.5. The van der Waals surface area contributed by atoms with Gasteiger partial charge in [0.25, 0.3) is 11.8 Å². The number of phenolic OH excluding ortho intramolecular Hbond substituents is 1. The van der Waals surface area contributed by atoms with E-state index in [-0.39, 0.29) is 29.5 Å². The minimum atomic E-state index is -0.249. The third-order valence-electron chi connectivity index (χ3n) is 7.07. The second-order valence-electron chi connectivity index (χ2n) is 10.9. The third-order valence-corrected chi connectivity index (χ3v) is 7.81. The fourth-order valence-electron chi connectivity index (χ4n) is 4.49. The van der Waals surface area contributed by atoms with Crippen LogP contribution in [0.15, 0.2) is 97.1 Å². The van der Waals surface area contributed by atoms with Gasteiger partial charge in [-0.1, -0.05) is 47.5 Å². The Bertz CT molecular complexity index is 1880. The topological polar surface area (TPSA) is 172 Å². The molecule has 0 aliphatic carbocycles. The molecule has 5 aromatic rings. The van der Waals surface area contributed by atoms with Crippen molar-refractivity contribution in [2.75, 3.05) is 55.5 Å². The molecule has 0 bridgehead atoms. The van der Waals surface area contributed by atoms with Crippen molar-refractivity contribution in [3.63, 3.8) is 0 Å². The Labute approximate surface area is 304 Å². The number of ether oxygens (including phenoxy) is 2. The van der Waals surface area contributed by atoms with Crippen molar-refractivity contribution in [1.29, 1.82) is 0 Å². The summed E-state index contributed by atoms with van der Waals surface area (Å²) in [6.45, 7) is 2.57. The van der Waals surface area contributed by atoms with Crippen LogP contribution in [-0.4, -0.2) is 71.4 Å². The number of hydrogen-bond acceptors (Lipinski definition) is 11. The molecular weight excluding hydrogens is 695 g/mol. The normalized spacial score (nSPS) is 10.7. The Hall–Kier alpha value is -5.47. The highest BCUT2D eigenvalue weighted by Gasteiger charge is 2.11. The largest absolute Gasteiger partial charge is 0.508 e. The summed E-state index contributed by atoms with van der Waals surface area (Å²) in [5.41, 5.74) is 3.20. The van der Waals surface area contributed by atoms with Crippen LogP contribution in [0.4, 0.5) is 29.2 Å². The molecule has 0 fully saturated rings. The van der Waals surface area contributed by atoms with Crippen LogP contribution < -0.4 is 26.6 Å². The van der Waals surface area contributed by atoms with Crippen molar-refractivity contribution in [2.45, 2.75) is 6.54 Å². The zero-order valence-electron chi connectivity index (χ0n) is 27.4. The molecule has 0 unspecified atom stereocenters. The van der Waals surface area contributed by atoms with Crippen LogP contribution in [0, 0.1) is 0 Å². The number of aromatic hydroxyl groups is 1. The monoisotopic (exact) mass is 730 g/mol. The van der Waals surface area contributed by atoms with E-state index < -0.39 is 0 Å². The number of carbonyl (C=O) groups is 2. The Morgan fingerprint density at radius 1 is 0.608 bits per heavy atom. The van der Waals surface area contributed by atoms with E-state index >= 15 is 0 Å². The number of nitrogens with zero attached hydrogens (tertiary/aromatic N) is 3. The molecule has 15 heteroatoms. The molecule has 264 valence electrons. The van der Waals surface area contributed by atoms with Gasteiger partial charge in [0, 0.05) is 42.1 Å². The van der Waals surface area contributed by atoms with Gasteiger partial charge in [-0.25, -0.2) is 0 Å². The molecular formula is C36H36Cl2N8O5. The maximum absolute atomic E-state index is 12.7. The quantitative estimate of drug-likeness (QED) is 0.0450. The van der Waals surface area contributed by atoms with Crippen LogP contribution in [0.2, 0.25) is 10.0 Å². The van der Waals surface area contributed by atoms with Crippen LogP contribution in [0.3, 0.4) is 0 Å². The van der Waals surface area contributed by atoms with Crippen LogP contribution in [0.1, 0.15) is 26.3 Å². The van der Waals surface area contributed by atoms with Crippen LogP contribution in [-0.2, 0) is 16.0 Å². The lowest BCUT2D eigenvalue weighted by Crippen LogP contribution is -2.27. The molecule has 1 aromatic heterocycles. The van der Waals surface area contributed by atoms with Crippen molar-refractivity contribution in [2.24, 2.45) is 0 Å². The fourth-order valence-corrected chi connectivity index (χ4v) is 4.81. The average Bonchev–Trinajstić information content (AvgIpc) is 3.14. The smallest absolute Gasteiger partial charge is 0.251 e. The molecule has 0 saturated carbocycles. The zero-order valence-corrected chi connectivity index (χ0v) is 28.9. The van der Waals surface area contributed by atoms with Gasteiger partial charge in [0.2, 0.25) is 17.8 Å². The number of phenols is 1. The predicted molar refractivity (Wildman–Crippen MR) is 197 cm³/mol. The van der Waals surface area contributed by atoms with Gasteiger partial charge in [-0.05, 0) is 78.4 Å². The fraction of sp³-hybridized carbons (Fsp3) is 0.194. The first-order valence-corrected chi connectivity index (χ1v) is 16.7. The molecule has 0 atom stereocenters. The Balaban J connectivity index is 1.09. The zero-order chi connectivity index (χ0) is 35.8.